The fourth-order valence-corrected chi connectivity index (χ4v) is 1.20. The van der Waals surface area contributed by atoms with Gasteiger partial charge >= 0.3 is 6.09 Å². The quantitative estimate of drug-likeness (QED) is 0.779. The lowest BCUT2D eigenvalue weighted by atomic mass is 10.2. The topological polar surface area (TPSA) is 72.5 Å². The highest BCUT2D eigenvalue weighted by Crippen LogP contribution is 2.07. The van der Waals surface area contributed by atoms with Crippen LogP contribution in [0.3, 0.4) is 0 Å². The number of pyridine rings is 1. The highest BCUT2D eigenvalue weighted by molar-refractivity contribution is 7.80. The van der Waals surface area contributed by atoms with E-state index in [9.17, 15) is 4.79 Å². The lowest BCUT2D eigenvalue weighted by molar-refractivity contribution is 0.176. The van der Waals surface area contributed by atoms with Gasteiger partial charge in [0.15, 0.2) is 5.11 Å². The Morgan fingerprint density at radius 1 is 1.53 bits per heavy atom. The first-order valence-electron chi connectivity index (χ1n) is 4.77. The molecule has 0 aliphatic rings. The molecule has 92 valence electrons. The van der Waals surface area contributed by atoms with E-state index in [1.54, 1.807) is 19.4 Å². The third-order valence-electron chi connectivity index (χ3n) is 1.86. The zero-order valence-corrected chi connectivity index (χ0v) is 10.3. The standard InChI is InChI=1S/C10H13N3O3S/c1-15-8-5-7(3-4-11-8)6-12-9(17)13-10(14)16-2/h3-5H,6H2,1-2H3,(H2,12,13,14,17). The molecule has 0 radical (unpaired) electrons. The number of hydrogen-bond acceptors (Lipinski definition) is 5. The highest BCUT2D eigenvalue weighted by Gasteiger charge is 2.03. The molecule has 2 N–H and O–H groups in total. The van der Waals surface area contributed by atoms with E-state index >= 15 is 0 Å². The van der Waals surface area contributed by atoms with Gasteiger partial charge in [-0.25, -0.2) is 9.78 Å². The average Bonchev–Trinajstić information content (AvgIpc) is 2.36. The summed E-state index contributed by atoms with van der Waals surface area (Å²) in [6.07, 6.45) is 1.03. The van der Waals surface area contributed by atoms with Crippen molar-refractivity contribution < 1.29 is 14.3 Å². The third kappa shape index (κ3) is 4.64. The van der Waals surface area contributed by atoms with Crippen LogP contribution in [0.15, 0.2) is 18.3 Å². The van der Waals surface area contributed by atoms with E-state index < -0.39 is 6.09 Å². The molecule has 0 saturated heterocycles. The number of aromatic nitrogens is 1. The Hall–Kier alpha value is -1.89. The van der Waals surface area contributed by atoms with Crippen molar-refractivity contribution in [3.8, 4) is 5.88 Å². The summed E-state index contributed by atoms with van der Waals surface area (Å²) in [6, 6.07) is 3.59. The van der Waals surface area contributed by atoms with Crippen LogP contribution >= 0.6 is 12.2 Å². The second kappa shape index (κ2) is 6.64. The van der Waals surface area contributed by atoms with E-state index in [4.69, 9.17) is 17.0 Å². The summed E-state index contributed by atoms with van der Waals surface area (Å²) >= 11 is 4.89. The van der Waals surface area contributed by atoms with Crippen LogP contribution in [-0.4, -0.2) is 30.4 Å². The van der Waals surface area contributed by atoms with Crippen molar-refractivity contribution in [2.75, 3.05) is 14.2 Å². The molecular formula is C10H13N3O3S. The van der Waals surface area contributed by atoms with E-state index in [0.29, 0.717) is 12.4 Å². The second-order valence-electron chi connectivity index (χ2n) is 3.01. The van der Waals surface area contributed by atoms with Gasteiger partial charge in [0.2, 0.25) is 5.88 Å². The van der Waals surface area contributed by atoms with Crippen LogP contribution in [-0.2, 0) is 11.3 Å². The number of methoxy groups -OCH3 is 2. The van der Waals surface area contributed by atoms with Crippen molar-refractivity contribution in [1.82, 2.24) is 15.6 Å². The van der Waals surface area contributed by atoms with Gasteiger partial charge in [0, 0.05) is 18.8 Å². The van der Waals surface area contributed by atoms with Gasteiger partial charge in [-0.15, -0.1) is 0 Å². The minimum absolute atomic E-state index is 0.202. The van der Waals surface area contributed by atoms with Crippen molar-refractivity contribution in [3.05, 3.63) is 23.9 Å². The SMILES string of the molecule is COC(=O)NC(=S)NCc1ccnc(OC)c1. The normalized spacial score (nSPS) is 9.29. The van der Waals surface area contributed by atoms with Gasteiger partial charge in [0.1, 0.15) is 0 Å². The Bertz CT molecular complexity index is 412. The van der Waals surface area contributed by atoms with Crippen LogP contribution in [0.25, 0.3) is 0 Å². The summed E-state index contributed by atoms with van der Waals surface area (Å²) in [4.78, 5) is 14.8. The van der Waals surface area contributed by atoms with Gasteiger partial charge in [0.25, 0.3) is 0 Å². The number of carbonyl (C=O) groups excluding carboxylic acids is 1. The molecule has 1 aromatic heterocycles. The second-order valence-corrected chi connectivity index (χ2v) is 3.41. The summed E-state index contributed by atoms with van der Waals surface area (Å²) in [6.45, 7) is 0.460. The van der Waals surface area contributed by atoms with Gasteiger partial charge in [-0.3, -0.25) is 5.32 Å². The maximum atomic E-state index is 10.8. The fraction of sp³-hybridized carbons (Fsp3) is 0.300. The molecular weight excluding hydrogens is 242 g/mol. The van der Waals surface area contributed by atoms with Crippen LogP contribution < -0.4 is 15.4 Å². The summed E-state index contributed by atoms with van der Waals surface area (Å²) in [5.74, 6) is 0.524. The number of alkyl carbamates (subject to hydrolysis) is 1. The monoisotopic (exact) mass is 255 g/mol. The van der Waals surface area contributed by atoms with E-state index in [2.05, 4.69) is 20.4 Å². The van der Waals surface area contributed by atoms with Crippen LogP contribution in [0.2, 0.25) is 0 Å². The minimum Gasteiger partial charge on any atom is -0.481 e. The highest BCUT2D eigenvalue weighted by atomic mass is 32.1. The Kier molecular flexibility index (Phi) is 5.15. The number of thiocarbonyl (C=S) groups is 1. The first-order chi connectivity index (χ1) is 8.15. The molecule has 17 heavy (non-hydrogen) atoms. The van der Waals surface area contributed by atoms with E-state index in [1.165, 1.54) is 7.11 Å². The van der Waals surface area contributed by atoms with Crippen molar-refractivity contribution in [3.63, 3.8) is 0 Å². The predicted octanol–water partition coefficient (Wildman–Crippen LogP) is 0.821. The molecule has 0 aliphatic heterocycles. The molecule has 7 heteroatoms. The average molecular weight is 255 g/mol. The molecule has 1 rings (SSSR count). The maximum absolute atomic E-state index is 10.8. The van der Waals surface area contributed by atoms with Crippen molar-refractivity contribution in [2.45, 2.75) is 6.54 Å². The molecule has 0 spiro atoms. The number of carbonyl (C=O) groups is 1. The molecule has 0 aromatic carbocycles. The number of nitrogens with zero attached hydrogens (tertiary/aromatic N) is 1. The van der Waals surface area contributed by atoms with Crippen LogP contribution in [0.4, 0.5) is 4.79 Å². The number of nitrogens with one attached hydrogen (secondary N) is 2. The van der Waals surface area contributed by atoms with Crippen molar-refractivity contribution in [1.29, 1.82) is 0 Å². The summed E-state index contributed by atoms with van der Waals surface area (Å²) in [5, 5.41) is 5.39. The molecule has 1 aromatic rings. The van der Waals surface area contributed by atoms with Crippen molar-refractivity contribution >= 4 is 23.4 Å². The maximum Gasteiger partial charge on any atom is 0.413 e. The van der Waals surface area contributed by atoms with E-state index in [1.807, 2.05) is 6.07 Å². The van der Waals surface area contributed by atoms with E-state index in [0.717, 1.165) is 5.56 Å². The molecule has 1 heterocycles. The van der Waals surface area contributed by atoms with Gasteiger partial charge in [-0.05, 0) is 23.8 Å². The van der Waals surface area contributed by atoms with Crippen LogP contribution in [0.5, 0.6) is 5.88 Å². The Balaban J connectivity index is 2.44. The molecule has 0 fully saturated rings. The smallest absolute Gasteiger partial charge is 0.413 e. The number of ether oxygens (including phenoxy) is 2. The lowest BCUT2D eigenvalue weighted by Gasteiger charge is -2.08. The zero-order valence-electron chi connectivity index (χ0n) is 9.52. The largest absolute Gasteiger partial charge is 0.481 e. The number of hydrogen-bond donors (Lipinski definition) is 2. The molecule has 0 unspecified atom stereocenters. The van der Waals surface area contributed by atoms with Gasteiger partial charge in [-0.1, -0.05) is 0 Å². The molecule has 6 nitrogen and oxygen atoms in total. The first kappa shape index (κ1) is 13.2. The van der Waals surface area contributed by atoms with Gasteiger partial charge < -0.3 is 14.8 Å². The van der Waals surface area contributed by atoms with Crippen LogP contribution in [0, 0.1) is 0 Å². The lowest BCUT2D eigenvalue weighted by Crippen LogP contribution is -2.38. The number of rotatable bonds is 3. The third-order valence-corrected chi connectivity index (χ3v) is 2.11. The molecule has 0 aliphatic carbocycles. The fourth-order valence-electron chi connectivity index (χ4n) is 1.04. The molecule has 0 saturated carbocycles. The Morgan fingerprint density at radius 2 is 2.29 bits per heavy atom. The van der Waals surface area contributed by atoms with Gasteiger partial charge in [0.05, 0.1) is 14.2 Å². The Morgan fingerprint density at radius 3 is 2.94 bits per heavy atom. The van der Waals surface area contributed by atoms with Crippen molar-refractivity contribution in [2.24, 2.45) is 0 Å². The zero-order chi connectivity index (χ0) is 12.7. The summed E-state index contributed by atoms with van der Waals surface area (Å²) in [7, 11) is 2.81. The molecule has 1 amide bonds. The predicted molar refractivity (Wildman–Crippen MR) is 65.8 cm³/mol. The number of amides is 1. The molecule has 0 bridgehead atoms. The molecule has 0 atom stereocenters. The first-order valence-corrected chi connectivity index (χ1v) is 5.18. The van der Waals surface area contributed by atoms with Crippen LogP contribution in [0.1, 0.15) is 5.56 Å². The summed E-state index contributed by atoms with van der Waals surface area (Å²) < 4.78 is 9.38. The Labute approximate surface area is 104 Å². The minimum atomic E-state index is -0.602. The van der Waals surface area contributed by atoms with Gasteiger partial charge in [-0.2, -0.15) is 0 Å². The van der Waals surface area contributed by atoms with E-state index in [-0.39, 0.29) is 5.11 Å². The summed E-state index contributed by atoms with van der Waals surface area (Å²) in [5.41, 5.74) is 0.936.